The summed E-state index contributed by atoms with van der Waals surface area (Å²) in [6.07, 6.45) is 0. The van der Waals surface area contributed by atoms with Crippen molar-refractivity contribution in [3.63, 3.8) is 0 Å². The van der Waals surface area contributed by atoms with Crippen molar-refractivity contribution in [2.75, 3.05) is 5.32 Å². The lowest BCUT2D eigenvalue weighted by Gasteiger charge is -2.05. The minimum atomic E-state index is -0.356. The highest BCUT2D eigenvalue weighted by Gasteiger charge is 2.08. The van der Waals surface area contributed by atoms with Crippen LogP contribution in [0.15, 0.2) is 29.5 Å². The predicted octanol–water partition coefficient (Wildman–Crippen LogP) is 1.67. The zero-order valence-corrected chi connectivity index (χ0v) is 9.47. The van der Waals surface area contributed by atoms with E-state index in [2.05, 4.69) is 5.32 Å². The summed E-state index contributed by atoms with van der Waals surface area (Å²) in [6.45, 7) is 0. The van der Waals surface area contributed by atoms with Crippen LogP contribution in [0.1, 0.15) is 11.1 Å². The first-order valence-corrected chi connectivity index (χ1v) is 4.86. The SMILES string of the molecule is N#CC(C#N)=C(C#N)Nc1ccc(C#N)c(C#N)c1. The van der Waals surface area contributed by atoms with Gasteiger partial charge in [0.1, 0.15) is 36.0 Å². The second-order valence-corrected chi connectivity index (χ2v) is 3.19. The highest BCUT2D eigenvalue weighted by Crippen LogP contribution is 2.17. The van der Waals surface area contributed by atoms with Crippen LogP contribution >= 0.6 is 0 Å². The van der Waals surface area contributed by atoms with E-state index in [0.29, 0.717) is 5.69 Å². The highest BCUT2D eigenvalue weighted by molar-refractivity contribution is 5.62. The molecule has 0 aliphatic rings. The Bertz CT molecular complexity index is 737. The maximum atomic E-state index is 8.86. The molecule has 0 saturated heterocycles. The number of rotatable bonds is 2. The van der Waals surface area contributed by atoms with Crippen molar-refractivity contribution >= 4 is 5.69 Å². The van der Waals surface area contributed by atoms with Gasteiger partial charge in [0, 0.05) is 5.69 Å². The number of nitrogens with zero attached hydrogens (tertiary/aromatic N) is 5. The van der Waals surface area contributed by atoms with Gasteiger partial charge < -0.3 is 5.32 Å². The van der Waals surface area contributed by atoms with E-state index in [9.17, 15) is 0 Å². The van der Waals surface area contributed by atoms with E-state index < -0.39 is 0 Å². The summed E-state index contributed by atoms with van der Waals surface area (Å²) >= 11 is 0. The lowest BCUT2D eigenvalue weighted by molar-refractivity contribution is 1.36. The first-order valence-electron chi connectivity index (χ1n) is 4.86. The van der Waals surface area contributed by atoms with Gasteiger partial charge in [0.15, 0.2) is 5.57 Å². The van der Waals surface area contributed by atoms with Crippen LogP contribution in [-0.2, 0) is 0 Å². The van der Waals surface area contributed by atoms with Crippen LogP contribution in [-0.4, -0.2) is 0 Å². The average molecular weight is 244 g/mol. The van der Waals surface area contributed by atoms with Crippen LogP contribution in [0.3, 0.4) is 0 Å². The lowest BCUT2D eigenvalue weighted by Crippen LogP contribution is -2.01. The smallest absolute Gasteiger partial charge is 0.163 e. The van der Waals surface area contributed by atoms with Crippen LogP contribution in [0.4, 0.5) is 5.69 Å². The zero-order chi connectivity index (χ0) is 14.3. The number of nitriles is 5. The van der Waals surface area contributed by atoms with Crippen molar-refractivity contribution in [3.8, 4) is 30.3 Å². The van der Waals surface area contributed by atoms with E-state index in [-0.39, 0.29) is 22.4 Å². The molecule has 1 rings (SSSR count). The van der Waals surface area contributed by atoms with E-state index in [1.54, 1.807) is 18.2 Å². The largest absolute Gasteiger partial charge is 0.345 e. The quantitative estimate of drug-likeness (QED) is 0.787. The molecular formula is C13H4N6. The van der Waals surface area contributed by atoms with E-state index >= 15 is 0 Å². The topological polar surface area (TPSA) is 131 Å². The Kier molecular flexibility index (Phi) is 4.24. The summed E-state index contributed by atoms with van der Waals surface area (Å²) < 4.78 is 0. The molecule has 0 heterocycles. The van der Waals surface area contributed by atoms with Crippen LogP contribution in [0.5, 0.6) is 0 Å². The van der Waals surface area contributed by atoms with Gasteiger partial charge >= 0.3 is 0 Å². The molecule has 0 aliphatic carbocycles. The van der Waals surface area contributed by atoms with Gasteiger partial charge in [-0.3, -0.25) is 0 Å². The molecule has 0 fully saturated rings. The molecule has 86 valence electrons. The molecular weight excluding hydrogens is 240 g/mol. The Morgan fingerprint density at radius 2 is 1.47 bits per heavy atom. The Balaban J connectivity index is 3.24. The summed E-state index contributed by atoms with van der Waals surface area (Å²) in [6, 6.07) is 12.8. The average Bonchev–Trinajstić information content (AvgIpc) is 2.46. The maximum absolute atomic E-state index is 8.86. The number of nitrogens with one attached hydrogen (secondary N) is 1. The van der Waals surface area contributed by atoms with Gasteiger partial charge in [0.2, 0.25) is 0 Å². The second kappa shape index (κ2) is 6.07. The molecule has 0 aliphatic heterocycles. The molecule has 0 spiro atoms. The fourth-order valence-corrected chi connectivity index (χ4v) is 1.24. The Labute approximate surface area is 109 Å². The fourth-order valence-electron chi connectivity index (χ4n) is 1.24. The molecule has 0 unspecified atom stereocenters. The van der Waals surface area contributed by atoms with Crippen LogP contribution < -0.4 is 5.32 Å². The van der Waals surface area contributed by atoms with E-state index in [4.69, 9.17) is 26.3 Å². The van der Waals surface area contributed by atoms with Gasteiger partial charge in [-0.1, -0.05) is 0 Å². The lowest BCUT2D eigenvalue weighted by atomic mass is 10.1. The van der Waals surface area contributed by atoms with Crippen LogP contribution in [0.25, 0.3) is 0 Å². The molecule has 0 aromatic heterocycles. The van der Waals surface area contributed by atoms with Crippen LogP contribution in [0, 0.1) is 56.7 Å². The van der Waals surface area contributed by atoms with Gasteiger partial charge in [-0.05, 0) is 18.2 Å². The molecule has 0 atom stereocenters. The molecule has 6 nitrogen and oxygen atoms in total. The third-order valence-corrected chi connectivity index (χ3v) is 2.12. The summed E-state index contributed by atoms with van der Waals surface area (Å²) in [7, 11) is 0. The van der Waals surface area contributed by atoms with E-state index in [0.717, 1.165) is 0 Å². The van der Waals surface area contributed by atoms with Gasteiger partial charge in [0.05, 0.1) is 11.1 Å². The van der Waals surface area contributed by atoms with E-state index in [1.807, 2.05) is 12.1 Å². The molecule has 0 amide bonds. The Hall–Kier alpha value is -3.79. The van der Waals surface area contributed by atoms with Gasteiger partial charge in [-0.15, -0.1) is 0 Å². The maximum Gasteiger partial charge on any atom is 0.163 e. The van der Waals surface area contributed by atoms with Gasteiger partial charge in [-0.2, -0.15) is 26.3 Å². The molecule has 0 bridgehead atoms. The molecule has 6 heteroatoms. The van der Waals surface area contributed by atoms with Gasteiger partial charge in [-0.25, -0.2) is 0 Å². The van der Waals surface area contributed by atoms with Crippen molar-refractivity contribution in [2.45, 2.75) is 0 Å². The molecule has 0 radical (unpaired) electrons. The zero-order valence-electron chi connectivity index (χ0n) is 9.47. The first kappa shape index (κ1) is 13.3. The standard InChI is InChI=1S/C13H4N6/c14-4-9-1-2-12(3-10(9)5-15)19-13(8-18)11(6-16)7-17/h1-3,19H. The molecule has 1 aromatic rings. The molecule has 1 N–H and O–H groups in total. The second-order valence-electron chi connectivity index (χ2n) is 3.19. The van der Waals surface area contributed by atoms with Crippen molar-refractivity contribution in [1.29, 1.82) is 26.3 Å². The number of benzene rings is 1. The minimum absolute atomic E-state index is 0.139. The minimum Gasteiger partial charge on any atom is -0.345 e. The first-order chi connectivity index (χ1) is 9.19. The van der Waals surface area contributed by atoms with E-state index in [1.165, 1.54) is 18.2 Å². The monoisotopic (exact) mass is 244 g/mol. The highest BCUT2D eigenvalue weighted by atomic mass is 14.9. The number of hydrogen-bond acceptors (Lipinski definition) is 6. The number of hydrogen-bond donors (Lipinski definition) is 1. The fraction of sp³-hybridized carbons (Fsp3) is 0. The van der Waals surface area contributed by atoms with Crippen molar-refractivity contribution in [3.05, 3.63) is 40.6 Å². The Morgan fingerprint density at radius 1 is 0.842 bits per heavy atom. The third-order valence-electron chi connectivity index (χ3n) is 2.12. The predicted molar refractivity (Wildman–Crippen MR) is 63.4 cm³/mol. The normalized spacial score (nSPS) is 7.74. The summed E-state index contributed by atoms with van der Waals surface area (Å²) in [4.78, 5) is 0. The molecule has 1 aromatic carbocycles. The molecule has 19 heavy (non-hydrogen) atoms. The summed E-state index contributed by atoms with van der Waals surface area (Å²) in [5.74, 6) is 0. The van der Waals surface area contributed by atoms with Gasteiger partial charge in [0.25, 0.3) is 0 Å². The van der Waals surface area contributed by atoms with Crippen molar-refractivity contribution < 1.29 is 0 Å². The number of allylic oxidation sites excluding steroid dienone is 2. The molecule has 0 saturated carbocycles. The number of anilines is 1. The van der Waals surface area contributed by atoms with Crippen molar-refractivity contribution in [2.24, 2.45) is 0 Å². The van der Waals surface area contributed by atoms with Crippen LogP contribution in [0.2, 0.25) is 0 Å². The summed E-state index contributed by atoms with van der Waals surface area (Å²) in [5.41, 5.74) is 0.121. The Morgan fingerprint density at radius 3 is 1.95 bits per heavy atom. The van der Waals surface area contributed by atoms with Crippen molar-refractivity contribution in [1.82, 2.24) is 0 Å². The summed E-state index contributed by atoms with van der Waals surface area (Å²) in [5, 5.41) is 46.4. The third kappa shape index (κ3) is 2.86.